The Morgan fingerprint density at radius 2 is 2.10 bits per heavy atom. The zero-order valence-electron chi connectivity index (χ0n) is 12.1. The van der Waals surface area contributed by atoms with Gasteiger partial charge in [-0.25, -0.2) is 4.79 Å². The molecule has 1 aromatic rings. The van der Waals surface area contributed by atoms with Gasteiger partial charge in [0.25, 0.3) is 11.5 Å². The van der Waals surface area contributed by atoms with Crippen molar-refractivity contribution in [3.8, 4) is 0 Å². The van der Waals surface area contributed by atoms with Gasteiger partial charge in [0.05, 0.1) is 5.60 Å². The van der Waals surface area contributed by atoms with Gasteiger partial charge in [-0.1, -0.05) is 13.3 Å². The van der Waals surface area contributed by atoms with Gasteiger partial charge in [0, 0.05) is 12.7 Å². The van der Waals surface area contributed by atoms with Gasteiger partial charge in [0.1, 0.15) is 5.56 Å². The predicted molar refractivity (Wildman–Crippen MR) is 77.2 cm³/mol. The summed E-state index contributed by atoms with van der Waals surface area (Å²) in [5.74, 6) is 0.0431. The van der Waals surface area contributed by atoms with Gasteiger partial charge in [0.15, 0.2) is 0 Å². The van der Waals surface area contributed by atoms with E-state index in [1.165, 1.54) is 0 Å². The van der Waals surface area contributed by atoms with Crippen LogP contribution in [-0.2, 0) is 0 Å². The summed E-state index contributed by atoms with van der Waals surface area (Å²) >= 11 is 0. The predicted octanol–water partition coefficient (Wildman–Crippen LogP) is 0.124. The highest BCUT2D eigenvalue weighted by Gasteiger charge is 2.33. The Kier molecular flexibility index (Phi) is 4.62. The van der Waals surface area contributed by atoms with Crippen LogP contribution >= 0.6 is 0 Å². The lowest BCUT2D eigenvalue weighted by Crippen LogP contribution is -2.46. The van der Waals surface area contributed by atoms with E-state index in [-0.39, 0.29) is 12.1 Å². The number of aromatic amines is 2. The van der Waals surface area contributed by atoms with Crippen LogP contribution in [0, 0.1) is 5.92 Å². The van der Waals surface area contributed by atoms with E-state index in [2.05, 4.69) is 17.2 Å². The number of aliphatic hydroxyl groups is 1. The van der Waals surface area contributed by atoms with Crippen LogP contribution in [0.1, 0.15) is 49.4 Å². The molecule has 0 aliphatic heterocycles. The van der Waals surface area contributed by atoms with Crippen molar-refractivity contribution in [3.63, 3.8) is 0 Å². The second kappa shape index (κ2) is 6.26. The Morgan fingerprint density at radius 3 is 2.67 bits per heavy atom. The Labute approximate surface area is 121 Å². The molecular formula is C14H21N3O4. The van der Waals surface area contributed by atoms with Gasteiger partial charge in [-0.2, -0.15) is 0 Å². The van der Waals surface area contributed by atoms with Crippen LogP contribution < -0.4 is 16.6 Å². The molecule has 21 heavy (non-hydrogen) atoms. The first-order chi connectivity index (χ1) is 9.93. The van der Waals surface area contributed by atoms with E-state index in [1.54, 1.807) is 0 Å². The number of rotatable bonds is 4. The molecule has 0 atom stereocenters. The molecule has 0 bridgehead atoms. The molecular weight excluding hydrogens is 274 g/mol. The molecule has 7 nitrogen and oxygen atoms in total. The molecule has 0 saturated heterocycles. The highest BCUT2D eigenvalue weighted by atomic mass is 16.3. The summed E-state index contributed by atoms with van der Waals surface area (Å²) in [6.45, 7) is 2.25. The van der Waals surface area contributed by atoms with Crippen molar-refractivity contribution in [1.82, 2.24) is 15.3 Å². The third-order valence-electron chi connectivity index (χ3n) is 4.26. The third-order valence-corrected chi connectivity index (χ3v) is 4.26. The van der Waals surface area contributed by atoms with E-state index in [9.17, 15) is 19.5 Å². The van der Waals surface area contributed by atoms with Gasteiger partial charge < -0.3 is 15.4 Å². The molecule has 1 aromatic heterocycles. The molecule has 1 aliphatic rings. The highest BCUT2D eigenvalue weighted by molar-refractivity contribution is 5.93. The molecule has 1 aliphatic carbocycles. The van der Waals surface area contributed by atoms with E-state index in [1.807, 2.05) is 4.98 Å². The molecule has 2 rings (SSSR count). The number of hydrogen-bond acceptors (Lipinski definition) is 4. The maximum atomic E-state index is 11.9. The van der Waals surface area contributed by atoms with Crippen LogP contribution in [0.2, 0.25) is 0 Å². The van der Waals surface area contributed by atoms with Crippen LogP contribution in [0.15, 0.2) is 15.8 Å². The van der Waals surface area contributed by atoms with E-state index in [0.717, 1.165) is 25.5 Å². The molecule has 116 valence electrons. The Hall–Kier alpha value is -1.89. The summed E-state index contributed by atoms with van der Waals surface area (Å²) in [5, 5.41) is 13.0. The Morgan fingerprint density at radius 1 is 1.43 bits per heavy atom. The molecule has 0 radical (unpaired) electrons. The van der Waals surface area contributed by atoms with Crippen molar-refractivity contribution in [2.45, 2.75) is 44.6 Å². The minimum absolute atomic E-state index is 0.112. The Balaban J connectivity index is 1.95. The van der Waals surface area contributed by atoms with Gasteiger partial charge in [-0.05, 0) is 31.6 Å². The number of aromatic nitrogens is 2. The topological polar surface area (TPSA) is 115 Å². The lowest BCUT2D eigenvalue weighted by Gasteiger charge is -2.35. The maximum absolute atomic E-state index is 11.9. The fourth-order valence-corrected chi connectivity index (χ4v) is 2.72. The van der Waals surface area contributed by atoms with Crippen LogP contribution in [0.25, 0.3) is 0 Å². The number of nitrogens with one attached hydrogen (secondary N) is 3. The van der Waals surface area contributed by atoms with Crippen LogP contribution in [0.5, 0.6) is 0 Å². The molecule has 1 fully saturated rings. The van der Waals surface area contributed by atoms with Crippen molar-refractivity contribution < 1.29 is 9.90 Å². The van der Waals surface area contributed by atoms with Crippen LogP contribution in [0.3, 0.4) is 0 Å². The quantitative estimate of drug-likeness (QED) is 0.631. The average Bonchev–Trinajstić information content (AvgIpc) is 2.46. The molecule has 1 saturated carbocycles. The summed E-state index contributed by atoms with van der Waals surface area (Å²) in [4.78, 5) is 38.5. The van der Waals surface area contributed by atoms with Crippen molar-refractivity contribution >= 4 is 5.91 Å². The average molecular weight is 295 g/mol. The first-order valence-electron chi connectivity index (χ1n) is 7.26. The summed E-state index contributed by atoms with van der Waals surface area (Å²) in [5.41, 5.74) is -2.47. The standard InChI is InChI=1S/C14H21N3O4/c1-2-9-3-5-14(21,6-4-9)8-16-11(18)10-7-15-13(20)17-12(10)19/h7,9,21H,2-6,8H2,1H3,(H,16,18)(H2,15,17,19,20). The fourth-order valence-electron chi connectivity index (χ4n) is 2.72. The number of carbonyl (C=O) groups is 1. The zero-order valence-corrected chi connectivity index (χ0v) is 12.1. The first-order valence-corrected chi connectivity index (χ1v) is 7.26. The summed E-state index contributed by atoms with van der Waals surface area (Å²) in [6.07, 6.45) is 5.37. The van der Waals surface area contributed by atoms with Crippen molar-refractivity contribution in [3.05, 3.63) is 32.6 Å². The smallest absolute Gasteiger partial charge is 0.325 e. The lowest BCUT2D eigenvalue weighted by molar-refractivity contribution is -0.00788. The third kappa shape index (κ3) is 3.81. The van der Waals surface area contributed by atoms with Crippen molar-refractivity contribution in [1.29, 1.82) is 0 Å². The summed E-state index contributed by atoms with van der Waals surface area (Å²) in [7, 11) is 0. The molecule has 7 heteroatoms. The summed E-state index contributed by atoms with van der Waals surface area (Å²) in [6, 6.07) is 0. The minimum Gasteiger partial charge on any atom is -0.388 e. The lowest BCUT2D eigenvalue weighted by atomic mass is 9.78. The van der Waals surface area contributed by atoms with E-state index in [4.69, 9.17) is 0 Å². The molecule has 1 heterocycles. The largest absolute Gasteiger partial charge is 0.388 e. The molecule has 1 amide bonds. The SMILES string of the molecule is CCC1CCC(O)(CNC(=O)c2c[nH]c(=O)[nH]c2=O)CC1. The monoisotopic (exact) mass is 295 g/mol. The molecule has 0 aromatic carbocycles. The maximum Gasteiger partial charge on any atom is 0.325 e. The Bertz CT molecular complexity index is 611. The fraction of sp³-hybridized carbons (Fsp3) is 0.643. The molecule has 0 unspecified atom stereocenters. The first kappa shape index (κ1) is 15.5. The van der Waals surface area contributed by atoms with E-state index in [0.29, 0.717) is 18.8 Å². The van der Waals surface area contributed by atoms with Gasteiger partial charge in [0.2, 0.25) is 0 Å². The second-order valence-electron chi connectivity index (χ2n) is 5.74. The molecule has 0 spiro atoms. The zero-order chi connectivity index (χ0) is 15.5. The van der Waals surface area contributed by atoms with Gasteiger partial charge in [-0.3, -0.25) is 14.6 Å². The molecule has 4 N–H and O–H groups in total. The number of H-pyrrole nitrogens is 2. The van der Waals surface area contributed by atoms with Gasteiger partial charge in [-0.15, -0.1) is 0 Å². The van der Waals surface area contributed by atoms with Crippen LogP contribution in [-0.4, -0.2) is 33.1 Å². The second-order valence-corrected chi connectivity index (χ2v) is 5.74. The van der Waals surface area contributed by atoms with E-state index < -0.39 is 22.8 Å². The summed E-state index contributed by atoms with van der Waals surface area (Å²) < 4.78 is 0. The highest BCUT2D eigenvalue weighted by Crippen LogP contribution is 2.33. The number of hydrogen-bond donors (Lipinski definition) is 4. The van der Waals surface area contributed by atoms with E-state index >= 15 is 0 Å². The number of amides is 1. The normalized spacial score (nSPS) is 25.5. The van der Waals surface area contributed by atoms with Crippen molar-refractivity contribution in [2.75, 3.05) is 6.54 Å². The van der Waals surface area contributed by atoms with Crippen molar-refractivity contribution in [2.24, 2.45) is 5.92 Å². The number of carbonyl (C=O) groups excluding carboxylic acids is 1. The van der Waals surface area contributed by atoms with Crippen LogP contribution in [0.4, 0.5) is 0 Å². The minimum atomic E-state index is -0.906. The van der Waals surface area contributed by atoms with Gasteiger partial charge >= 0.3 is 5.69 Å².